The van der Waals surface area contributed by atoms with Gasteiger partial charge in [-0.05, 0) is 59.8 Å². The van der Waals surface area contributed by atoms with Gasteiger partial charge in [0.1, 0.15) is 11.6 Å². The van der Waals surface area contributed by atoms with Gasteiger partial charge >= 0.3 is 0 Å². The molecule has 0 aliphatic carbocycles. The normalized spacial score (nSPS) is 14.8. The molecule has 1 aliphatic rings. The molecule has 0 unspecified atom stereocenters. The lowest BCUT2D eigenvalue weighted by molar-refractivity contribution is -0.124. The van der Waals surface area contributed by atoms with Gasteiger partial charge in [0.2, 0.25) is 5.91 Å². The molecule has 7 nitrogen and oxygen atoms in total. The zero-order chi connectivity index (χ0) is 22.4. The third-order valence-corrected chi connectivity index (χ3v) is 5.12. The first-order valence-electron chi connectivity index (χ1n) is 9.15. The Labute approximate surface area is 180 Å². The third kappa shape index (κ3) is 5.98. The lowest BCUT2D eigenvalue weighted by Crippen LogP contribution is -2.41. The van der Waals surface area contributed by atoms with Crippen LogP contribution in [-0.4, -0.2) is 47.5 Å². The lowest BCUT2D eigenvalue weighted by Gasteiger charge is -2.13. The maximum absolute atomic E-state index is 13.0. The van der Waals surface area contributed by atoms with Gasteiger partial charge in [0.05, 0.1) is 11.4 Å². The smallest absolute Gasteiger partial charge is 0.293 e. The Bertz CT molecular complexity index is 1040. The van der Waals surface area contributed by atoms with Gasteiger partial charge in [-0.3, -0.25) is 24.1 Å². The molecular formula is C21H17F2N3O4S. The number of imide groups is 1. The molecule has 2 aromatic rings. The van der Waals surface area contributed by atoms with E-state index in [2.05, 4.69) is 10.6 Å². The number of carbonyl (C=O) groups is 4. The van der Waals surface area contributed by atoms with Crippen molar-refractivity contribution in [2.24, 2.45) is 0 Å². The van der Waals surface area contributed by atoms with Crippen molar-refractivity contribution in [1.29, 1.82) is 0 Å². The van der Waals surface area contributed by atoms with Crippen molar-refractivity contribution in [2.45, 2.75) is 0 Å². The van der Waals surface area contributed by atoms with Crippen molar-refractivity contribution in [3.8, 4) is 0 Å². The van der Waals surface area contributed by atoms with Crippen LogP contribution in [-0.2, 0) is 9.59 Å². The van der Waals surface area contributed by atoms with Crippen LogP contribution >= 0.6 is 11.8 Å². The minimum atomic E-state index is -0.535. The molecule has 0 atom stereocenters. The number of nitrogens with zero attached hydrogens (tertiary/aromatic N) is 1. The minimum absolute atomic E-state index is 0.00706. The summed E-state index contributed by atoms with van der Waals surface area (Å²) in [6, 6.07) is 10.3. The lowest BCUT2D eigenvalue weighted by atomic mass is 10.2. The summed E-state index contributed by atoms with van der Waals surface area (Å²) < 4.78 is 25.8. The van der Waals surface area contributed by atoms with E-state index in [1.54, 1.807) is 0 Å². The first-order valence-corrected chi connectivity index (χ1v) is 9.96. The fourth-order valence-electron chi connectivity index (χ4n) is 2.64. The van der Waals surface area contributed by atoms with Gasteiger partial charge < -0.3 is 10.6 Å². The number of hydrogen-bond acceptors (Lipinski definition) is 5. The Hall–Kier alpha value is -3.53. The summed E-state index contributed by atoms with van der Waals surface area (Å²) in [6.45, 7) is -0.348. The maximum atomic E-state index is 13.0. The molecule has 0 aromatic heterocycles. The maximum Gasteiger partial charge on any atom is 0.293 e. The van der Waals surface area contributed by atoms with E-state index in [4.69, 9.17) is 0 Å². The van der Waals surface area contributed by atoms with E-state index in [0.29, 0.717) is 5.56 Å². The predicted molar refractivity (Wildman–Crippen MR) is 111 cm³/mol. The molecule has 160 valence electrons. The highest BCUT2D eigenvalue weighted by atomic mass is 32.2. The first-order chi connectivity index (χ1) is 14.8. The number of amides is 4. The number of hydrogen-bond donors (Lipinski definition) is 2. The molecule has 31 heavy (non-hydrogen) atoms. The summed E-state index contributed by atoms with van der Waals surface area (Å²) in [7, 11) is 0. The Morgan fingerprint density at radius 2 is 1.55 bits per heavy atom. The van der Waals surface area contributed by atoms with Gasteiger partial charge in [-0.2, -0.15) is 0 Å². The summed E-state index contributed by atoms with van der Waals surface area (Å²) in [5.74, 6) is -2.43. The fraction of sp³-hybridized carbons (Fsp3) is 0.143. The second-order valence-corrected chi connectivity index (χ2v) is 7.42. The summed E-state index contributed by atoms with van der Waals surface area (Å²) in [4.78, 5) is 49.5. The number of halogens is 2. The van der Waals surface area contributed by atoms with Crippen molar-refractivity contribution in [3.05, 3.63) is 76.2 Å². The topological polar surface area (TPSA) is 95.6 Å². The first kappa shape index (κ1) is 22.2. The highest BCUT2D eigenvalue weighted by Gasteiger charge is 2.34. The highest BCUT2D eigenvalue weighted by Crippen LogP contribution is 2.31. The highest BCUT2D eigenvalue weighted by molar-refractivity contribution is 8.18. The molecule has 2 aromatic carbocycles. The van der Waals surface area contributed by atoms with E-state index in [1.165, 1.54) is 42.5 Å². The number of thioether (sulfide) groups is 1. The molecule has 0 radical (unpaired) electrons. The minimum Gasteiger partial charge on any atom is -0.353 e. The number of nitrogens with one attached hydrogen (secondary N) is 2. The predicted octanol–water partition coefficient (Wildman–Crippen LogP) is 2.55. The van der Waals surface area contributed by atoms with Crippen molar-refractivity contribution in [1.82, 2.24) is 15.5 Å². The largest absolute Gasteiger partial charge is 0.353 e. The SMILES string of the molecule is O=C(CNC(=O)c1ccc(F)cc1)NCCN1C(=O)S/C(=C/c2ccc(F)cc2)C1=O. The molecule has 0 bridgehead atoms. The molecule has 1 aliphatic heterocycles. The van der Waals surface area contributed by atoms with Crippen LogP contribution in [0, 0.1) is 11.6 Å². The molecule has 2 N–H and O–H groups in total. The Balaban J connectivity index is 1.45. The van der Waals surface area contributed by atoms with Crippen LogP contribution < -0.4 is 10.6 Å². The third-order valence-electron chi connectivity index (χ3n) is 4.21. The van der Waals surface area contributed by atoms with Crippen molar-refractivity contribution < 1.29 is 28.0 Å². The van der Waals surface area contributed by atoms with E-state index in [-0.39, 0.29) is 30.1 Å². The van der Waals surface area contributed by atoms with Crippen LogP contribution in [0.25, 0.3) is 6.08 Å². The summed E-state index contributed by atoms with van der Waals surface area (Å²) >= 11 is 0.761. The molecule has 4 amide bonds. The summed E-state index contributed by atoms with van der Waals surface area (Å²) in [5, 5.41) is 4.42. The number of benzene rings is 2. The van der Waals surface area contributed by atoms with Gasteiger partial charge in [-0.25, -0.2) is 8.78 Å². The van der Waals surface area contributed by atoms with Gasteiger partial charge in [0.25, 0.3) is 17.1 Å². The quantitative estimate of drug-likeness (QED) is 0.639. The van der Waals surface area contributed by atoms with Crippen LogP contribution in [0.2, 0.25) is 0 Å². The monoisotopic (exact) mass is 445 g/mol. The van der Waals surface area contributed by atoms with Gasteiger partial charge in [0, 0.05) is 18.7 Å². The second-order valence-electron chi connectivity index (χ2n) is 6.42. The van der Waals surface area contributed by atoms with Crippen molar-refractivity contribution in [3.63, 3.8) is 0 Å². The van der Waals surface area contributed by atoms with Crippen LogP contribution in [0.3, 0.4) is 0 Å². The van der Waals surface area contributed by atoms with Gasteiger partial charge in [-0.15, -0.1) is 0 Å². The Morgan fingerprint density at radius 3 is 2.19 bits per heavy atom. The van der Waals surface area contributed by atoms with E-state index >= 15 is 0 Å². The van der Waals surface area contributed by atoms with E-state index in [0.717, 1.165) is 28.8 Å². The van der Waals surface area contributed by atoms with Gasteiger partial charge in [-0.1, -0.05) is 12.1 Å². The zero-order valence-electron chi connectivity index (χ0n) is 16.1. The summed E-state index contributed by atoms with van der Waals surface area (Å²) in [6.07, 6.45) is 1.49. The molecule has 1 fully saturated rings. The molecule has 0 saturated carbocycles. The molecule has 3 rings (SSSR count). The van der Waals surface area contributed by atoms with Crippen molar-refractivity contribution >= 4 is 40.8 Å². The average Bonchev–Trinajstić information content (AvgIpc) is 3.01. The molecule has 10 heteroatoms. The van der Waals surface area contributed by atoms with Crippen LogP contribution in [0.1, 0.15) is 15.9 Å². The zero-order valence-corrected chi connectivity index (χ0v) is 16.9. The molecule has 0 spiro atoms. The van der Waals surface area contributed by atoms with E-state index in [9.17, 15) is 28.0 Å². The van der Waals surface area contributed by atoms with Crippen LogP contribution in [0.15, 0.2) is 53.4 Å². The van der Waals surface area contributed by atoms with Crippen molar-refractivity contribution in [2.75, 3.05) is 19.6 Å². The second kappa shape index (κ2) is 9.98. The standard InChI is InChI=1S/C21H17F2N3O4S/c22-15-5-1-13(2-6-15)11-17-20(29)26(21(30)31-17)10-9-24-18(27)12-25-19(28)14-3-7-16(23)8-4-14/h1-8,11H,9-10,12H2,(H,24,27)(H,25,28)/b17-11+. The van der Waals surface area contributed by atoms with Gasteiger partial charge in [0.15, 0.2) is 0 Å². The Morgan fingerprint density at radius 1 is 0.935 bits per heavy atom. The van der Waals surface area contributed by atoms with E-state index in [1.807, 2.05) is 0 Å². The molecular weight excluding hydrogens is 428 g/mol. The van der Waals surface area contributed by atoms with Crippen LogP contribution in [0.4, 0.5) is 13.6 Å². The molecule has 1 heterocycles. The van der Waals surface area contributed by atoms with E-state index < -0.39 is 34.6 Å². The Kier molecular flexibility index (Phi) is 7.14. The molecule has 1 saturated heterocycles. The average molecular weight is 445 g/mol. The van der Waals surface area contributed by atoms with Crippen LogP contribution in [0.5, 0.6) is 0 Å². The number of carbonyl (C=O) groups excluding carboxylic acids is 4. The fourth-order valence-corrected chi connectivity index (χ4v) is 3.50. The number of rotatable bonds is 7. The summed E-state index contributed by atoms with van der Waals surface area (Å²) in [5.41, 5.74) is 0.789.